The van der Waals surface area contributed by atoms with Crippen molar-refractivity contribution in [1.29, 1.82) is 0 Å². The van der Waals surface area contributed by atoms with E-state index in [4.69, 9.17) is 4.42 Å². The number of furan rings is 1. The van der Waals surface area contributed by atoms with Gasteiger partial charge in [0.1, 0.15) is 0 Å². The van der Waals surface area contributed by atoms with E-state index < -0.39 is 15.9 Å². The standard InChI is InChI=1S/C24H24N4O6S/c1-17(29)27-12-14-28(15-13-27)35(32,33)21-10-4-18(5-11-21)23(30)25-19-6-8-20(9-7-19)26-24(31)22-3-2-16-34-22/h2-11,16H,12-15H2,1H3,(H,25,30)(H,26,31). The van der Waals surface area contributed by atoms with Crippen LogP contribution in [0.4, 0.5) is 11.4 Å². The Balaban J connectivity index is 1.36. The van der Waals surface area contributed by atoms with Crippen molar-refractivity contribution in [3.8, 4) is 0 Å². The lowest BCUT2D eigenvalue weighted by Gasteiger charge is -2.33. The lowest BCUT2D eigenvalue weighted by atomic mass is 10.2. The van der Waals surface area contributed by atoms with Gasteiger partial charge in [-0.05, 0) is 60.7 Å². The fourth-order valence-electron chi connectivity index (χ4n) is 3.61. The Bertz CT molecular complexity index is 1310. The van der Waals surface area contributed by atoms with E-state index in [9.17, 15) is 22.8 Å². The Kier molecular flexibility index (Phi) is 6.99. The summed E-state index contributed by atoms with van der Waals surface area (Å²) in [6.45, 7) is 2.60. The van der Waals surface area contributed by atoms with Gasteiger partial charge in [-0.15, -0.1) is 0 Å². The van der Waals surface area contributed by atoms with Crippen LogP contribution in [-0.4, -0.2) is 61.5 Å². The zero-order valence-corrected chi connectivity index (χ0v) is 19.7. The summed E-state index contributed by atoms with van der Waals surface area (Å²) in [6, 6.07) is 15.4. The van der Waals surface area contributed by atoms with Gasteiger partial charge >= 0.3 is 0 Å². The third-order valence-corrected chi connectivity index (χ3v) is 7.50. The second-order valence-corrected chi connectivity index (χ2v) is 9.84. The van der Waals surface area contributed by atoms with Gasteiger partial charge in [0.25, 0.3) is 11.8 Å². The largest absolute Gasteiger partial charge is 0.459 e. The van der Waals surface area contributed by atoms with E-state index in [0.29, 0.717) is 30.0 Å². The highest BCUT2D eigenvalue weighted by atomic mass is 32.2. The van der Waals surface area contributed by atoms with Gasteiger partial charge in [-0.3, -0.25) is 14.4 Å². The van der Waals surface area contributed by atoms with Gasteiger partial charge < -0.3 is 20.0 Å². The second kappa shape index (κ2) is 10.1. The van der Waals surface area contributed by atoms with Gasteiger partial charge in [-0.25, -0.2) is 8.42 Å². The molecule has 2 heterocycles. The van der Waals surface area contributed by atoms with Crippen molar-refractivity contribution in [3.63, 3.8) is 0 Å². The minimum Gasteiger partial charge on any atom is -0.459 e. The lowest BCUT2D eigenvalue weighted by Crippen LogP contribution is -2.49. The molecule has 2 aromatic carbocycles. The first-order valence-corrected chi connectivity index (χ1v) is 12.3. The molecule has 1 aromatic heterocycles. The molecule has 3 amide bonds. The predicted octanol–water partition coefficient (Wildman–Crippen LogP) is 2.64. The summed E-state index contributed by atoms with van der Waals surface area (Å²) in [7, 11) is -3.72. The molecule has 0 spiro atoms. The first-order valence-electron chi connectivity index (χ1n) is 10.9. The van der Waals surface area contributed by atoms with Crippen LogP contribution in [0.25, 0.3) is 0 Å². The summed E-state index contributed by atoms with van der Waals surface area (Å²) in [5.41, 5.74) is 1.33. The maximum atomic E-state index is 12.9. The van der Waals surface area contributed by atoms with Crippen LogP contribution in [0.15, 0.2) is 76.2 Å². The van der Waals surface area contributed by atoms with Crippen molar-refractivity contribution < 1.29 is 27.2 Å². The van der Waals surface area contributed by atoms with Crippen molar-refractivity contribution >= 4 is 39.1 Å². The minimum atomic E-state index is -3.72. The zero-order chi connectivity index (χ0) is 25.0. The van der Waals surface area contributed by atoms with E-state index in [2.05, 4.69) is 10.6 Å². The molecule has 35 heavy (non-hydrogen) atoms. The summed E-state index contributed by atoms with van der Waals surface area (Å²) in [4.78, 5) is 37.8. The number of rotatable bonds is 6. The van der Waals surface area contributed by atoms with Crippen LogP contribution < -0.4 is 10.6 Å². The Labute approximate surface area is 202 Å². The van der Waals surface area contributed by atoms with Crippen LogP contribution in [0.1, 0.15) is 27.8 Å². The molecule has 0 radical (unpaired) electrons. The number of amides is 3. The van der Waals surface area contributed by atoms with Crippen LogP contribution >= 0.6 is 0 Å². The molecule has 0 unspecified atom stereocenters. The van der Waals surface area contributed by atoms with E-state index in [1.807, 2.05) is 0 Å². The lowest BCUT2D eigenvalue weighted by molar-refractivity contribution is -0.129. The molecule has 1 fully saturated rings. The Hall–Kier alpha value is -3.96. The molecule has 10 nitrogen and oxygen atoms in total. The topological polar surface area (TPSA) is 129 Å². The summed E-state index contributed by atoms with van der Waals surface area (Å²) < 4.78 is 32.2. The molecule has 3 aromatic rings. The summed E-state index contributed by atoms with van der Waals surface area (Å²) in [6.07, 6.45) is 1.41. The number of nitrogens with zero attached hydrogens (tertiary/aromatic N) is 2. The van der Waals surface area contributed by atoms with Crippen LogP contribution in [0, 0.1) is 0 Å². The van der Waals surface area contributed by atoms with E-state index in [1.54, 1.807) is 41.3 Å². The van der Waals surface area contributed by atoms with E-state index in [1.165, 1.54) is 41.8 Å². The Morgan fingerprint density at radius 1 is 0.800 bits per heavy atom. The first-order chi connectivity index (χ1) is 16.7. The highest BCUT2D eigenvalue weighted by molar-refractivity contribution is 7.89. The van der Waals surface area contributed by atoms with Gasteiger partial charge in [0, 0.05) is 50.0 Å². The molecule has 182 valence electrons. The molecule has 1 saturated heterocycles. The number of anilines is 2. The van der Waals surface area contributed by atoms with Gasteiger partial charge in [-0.1, -0.05) is 0 Å². The van der Waals surface area contributed by atoms with Gasteiger partial charge in [0.2, 0.25) is 15.9 Å². The highest BCUT2D eigenvalue weighted by Gasteiger charge is 2.29. The molecule has 11 heteroatoms. The molecule has 1 aliphatic rings. The molecule has 0 aliphatic carbocycles. The maximum Gasteiger partial charge on any atom is 0.291 e. The zero-order valence-electron chi connectivity index (χ0n) is 18.9. The van der Waals surface area contributed by atoms with E-state index in [-0.39, 0.29) is 35.6 Å². The molecule has 0 bridgehead atoms. The number of piperazine rings is 1. The Morgan fingerprint density at radius 3 is 1.89 bits per heavy atom. The van der Waals surface area contributed by atoms with Crippen LogP contribution in [0.5, 0.6) is 0 Å². The number of carbonyl (C=O) groups excluding carboxylic acids is 3. The van der Waals surface area contributed by atoms with Crippen molar-refractivity contribution in [2.45, 2.75) is 11.8 Å². The number of hydrogen-bond donors (Lipinski definition) is 2. The number of carbonyl (C=O) groups is 3. The van der Waals surface area contributed by atoms with Crippen LogP contribution in [0.2, 0.25) is 0 Å². The fourth-order valence-corrected chi connectivity index (χ4v) is 5.03. The molecular formula is C24H24N4O6S. The van der Waals surface area contributed by atoms with E-state index >= 15 is 0 Å². The monoisotopic (exact) mass is 496 g/mol. The predicted molar refractivity (Wildman–Crippen MR) is 129 cm³/mol. The quantitative estimate of drug-likeness (QED) is 0.540. The minimum absolute atomic E-state index is 0.0781. The number of benzene rings is 2. The molecular weight excluding hydrogens is 472 g/mol. The Morgan fingerprint density at radius 2 is 1.37 bits per heavy atom. The molecule has 0 atom stereocenters. The van der Waals surface area contributed by atoms with E-state index in [0.717, 1.165) is 0 Å². The van der Waals surface area contributed by atoms with Crippen LogP contribution in [0.3, 0.4) is 0 Å². The third kappa shape index (κ3) is 5.58. The number of sulfonamides is 1. The number of nitrogens with one attached hydrogen (secondary N) is 2. The van der Waals surface area contributed by atoms with Crippen molar-refractivity contribution in [2.75, 3.05) is 36.8 Å². The number of hydrogen-bond acceptors (Lipinski definition) is 6. The molecule has 4 rings (SSSR count). The summed E-state index contributed by atoms with van der Waals surface area (Å²) >= 11 is 0. The third-order valence-electron chi connectivity index (χ3n) is 5.58. The van der Waals surface area contributed by atoms with Crippen molar-refractivity contribution in [2.24, 2.45) is 0 Å². The second-order valence-electron chi connectivity index (χ2n) is 7.90. The normalized spacial score (nSPS) is 14.4. The maximum absolute atomic E-state index is 12.9. The first kappa shape index (κ1) is 24.2. The van der Waals surface area contributed by atoms with Gasteiger partial charge in [0.15, 0.2) is 5.76 Å². The molecule has 0 saturated carbocycles. The highest BCUT2D eigenvalue weighted by Crippen LogP contribution is 2.20. The molecule has 2 N–H and O–H groups in total. The smallest absolute Gasteiger partial charge is 0.291 e. The van der Waals surface area contributed by atoms with Gasteiger partial charge in [-0.2, -0.15) is 4.31 Å². The van der Waals surface area contributed by atoms with Crippen molar-refractivity contribution in [3.05, 3.63) is 78.3 Å². The van der Waals surface area contributed by atoms with Crippen molar-refractivity contribution in [1.82, 2.24) is 9.21 Å². The fraction of sp³-hybridized carbons (Fsp3) is 0.208. The summed E-state index contributed by atoms with van der Waals surface area (Å²) in [5, 5.41) is 5.42. The average Bonchev–Trinajstić information content (AvgIpc) is 3.41. The average molecular weight is 497 g/mol. The van der Waals surface area contributed by atoms with Gasteiger partial charge in [0.05, 0.1) is 11.2 Å². The molecule has 1 aliphatic heterocycles. The van der Waals surface area contributed by atoms with Crippen LogP contribution in [-0.2, 0) is 14.8 Å². The SMILES string of the molecule is CC(=O)N1CCN(S(=O)(=O)c2ccc(C(=O)Nc3ccc(NC(=O)c4ccco4)cc3)cc2)CC1. The summed E-state index contributed by atoms with van der Waals surface area (Å²) in [5.74, 6) is -0.684.